The number of nitrogens with two attached hydrogens (primary N) is 1. The molecule has 3 N–H and O–H groups in total. The molecule has 0 radical (unpaired) electrons. The molecule has 1 aliphatic heterocycles. The van der Waals surface area contributed by atoms with Gasteiger partial charge in [0.15, 0.2) is 0 Å². The largest absolute Gasteiger partial charge is 0.320 e. The molecule has 1 aliphatic rings. The van der Waals surface area contributed by atoms with Crippen LogP contribution in [0, 0.1) is 11.8 Å². The Morgan fingerprint density at radius 2 is 2.35 bits per heavy atom. The molecule has 1 unspecified atom stereocenters. The maximum atomic E-state index is 11.8. The van der Waals surface area contributed by atoms with Crippen molar-refractivity contribution in [2.75, 3.05) is 13.1 Å². The van der Waals surface area contributed by atoms with E-state index in [-0.39, 0.29) is 24.4 Å². The van der Waals surface area contributed by atoms with Crippen LogP contribution < -0.4 is 11.1 Å². The Bertz CT molecular complexity index is 570. The van der Waals surface area contributed by atoms with Gasteiger partial charge in [-0.2, -0.15) is 0 Å². The number of rotatable bonds is 3. The predicted molar refractivity (Wildman–Crippen MR) is 77.9 cm³/mol. The zero-order valence-corrected chi connectivity index (χ0v) is 12.1. The Morgan fingerprint density at radius 3 is 3.05 bits per heavy atom. The molecule has 2 rings (SSSR count). The summed E-state index contributed by atoms with van der Waals surface area (Å²) in [5.41, 5.74) is 6.31. The molecule has 106 valence electrons. The highest BCUT2D eigenvalue weighted by molar-refractivity contribution is 7.10. The first-order valence-corrected chi connectivity index (χ1v) is 7.36. The van der Waals surface area contributed by atoms with E-state index in [0.29, 0.717) is 19.5 Å². The summed E-state index contributed by atoms with van der Waals surface area (Å²) in [7, 11) is 0. The SMILES string of the molecule is CCC1C(=O)NC(=O)CN1Cc1sccc1C#CCN. The molecule has 1 aromatic heterocycles. The molecule has 0 aromatic carbocycles. The Kier molecular flexibility index (Phi) is 4.90. The van der Waals surface area contributed by atoms with Crippen LogP contribution in [0.15, 0.2) is 11.4 Å². The number of amides is 2. The summed E-state index contributed by atoms with van der Waals surface area (Å²) >= 11 is 1.58. The highest BCUT2D eigenvalue weighted by Gasteiger charge is 2.32. The van der Waals surface area contributed by atoms with Gasteiger partial charge in [0.25, 0.3) is 0 Å². The van der Waals surface area contributed by atoms with Gasteiger partial charge in [0.05, 0.1) is 19.1 Å². The Balaban J connectivity index is 2.17. The lowest BCUT2D eigenvalue weighted by atomic mass is 10.1. The number of imide groups is 1. The van der Waals surface area contributed by atoms with Gasteiger partial charge in [-0.3, -0.25) is 19.8 Å². The maximum Gasteiger partial charge on any atom is 0.243 e. The number of nitrogens with one attached hydrogen (secondary N) is 1. The van der Waals surface area contributed by atoms with E-state index >= 15 is 0 Å². The summed E-state index contributed by atoms with van der Waals surface area (Å²) < 4.78 is 0. The fourth-order valence-corrected chi connectivity index (χ4v) is 3.09. The van der Waals surface area contributed by atoms with Crippen molar-refractivity contribution in [2.45, 2.75) is 25.9 Å². The average Bonchev–Trinajstić information content (AvgIpc) is 2.83. The first-order valence-electron chi connectivity index (χ1n) is 6.48. The van der Waals surface area contributed by atoms with Crippen LogP contribution in [0.3, 0.4) is 0 Å². The highest BCUT2D eigenvalue weighted by Crippen LogP contribution is 2.21. The van der Waals surface area contributed by atoms with Crippen LogP contribution in [0.5, 0.6) is 0 Å². The normalized spacial score (nSPS) is 19.4. The molecule has 1 atom stereocenters. The Morgan fingerprint density at radius 1 is 1.55 bits per heavy atom. The van der Waals surface area contributed by atoms with Crippen molar-refractivity contribution < 1.29 is 9.59 Å². The number of carbonyl (C=O) groups excluding carboxylic acids is 2. The van der Waals surface area contributed by atoms with E-state index in [1.54, 1.807) is 11.3 Å². The van der Waals surface area contributed by atoms with Gasteiger partial charge >= 0.3 is 0 Å². The number of nitrogens with zero attached hydrogens (tertiary/aromatic N) is 1. The summed E-state index contributed by atoms with van der Waals surface area (Å²) in [6.45, 7) is 3.06. The summed E-state index contributed by atoms with van der Waals surface area (Å²) in [5, 5.41) is 4.34. The Hall–Kier alpha value is -1.68. The van der Waals surface area contributed by atoms with E-state index in [1.807, 2.05) is 23.3 Å². The second kappa shape index (κ2) is 6.66. The topological polar surface area (TPSA) is 75.4 Å². The highest BCUT2D eigenvalue weighted by atomic mass is 32.1. The van der Waals surface area contributed by atoms with Gasteiger partial charge in [-0.25, -0.2) is 0 Å². The van der Waals surface area contributed by atoms with Gasteiger partial charge < -0.3 is 5.73 Å². The second-order valence-electron chi connectivity index (χ2n) is 4.50. The minimum atomic E-state index is -0.259. The number of hydrogen-bond donors (Lipinski definition) is 2. The third-order valence-electron chi connectivity index (χ3n) is 3.16. The summed E-state index contributed by atoms with van der Waals surface area (Å²) in [6.07, 6.45) is 0.675. The minimum absolute atomic E-state index is 0.213. The molecular weight excluding hydrogens is 274 g/mol. The summed E-state index contributed by atoms with van der Waals surface area (Å²) in [5.74, 6) is 5.39. The number of piperazine rings is 1. The molecule has 0 spiro atoms. The quantitative estimate of drug-likeness (QED) is 0.620. The van der Waals surface area contributed by atoms with Crippen molar-refractivity contribution in [3.05, 3.63) is 21.9 Å². The lowest BCUT2D eigenvalue weighted by Gasteiger charge is -2.33. The van der Waals surface area contributed by atoms with Crippen LogP contribution in [0.25, 0.3) is 0 Å². The van der Waals surface area contributed by atoms with E-state index < -0.39 is 0 Å². The lowest BCUT2D eigenvalue weighted by molar-refractivity contribution is -0.140. The van der Waals surface area contributed by atoms with Crippen LogP contribution in [-0.2, 0) is 16.1 Å². The van der Waals surface area contributed by atoms with Gasteiger partial charge in [-0.05, 0) is 17.9 Å². The standard InChI is InChI=1S/C14H17N3O2S/c1-2-11-14(19)16-13(18)9-17(11)8-12-10(4-3-6-15)5-7-20-12/h5,7,11H,2,6,8-9,15H2,1H3,(H,16,18,19). The minimum Gasteiger partial charge on any atom is -0.320 e. The number of hydrogen-bond acceptors (Lipinski definition) is 5. The summed E-state index contributed by atoms with van der Waals surface area (Å²) in [4.78, 5) is 26.3. The molecule has 1 fully saturated rings. The van der Waals surface area contributed by atoms with Gasteiger partial charge in [-0.1, -0.05) is 18.8 Å². The van der Waals surface area contributed by atoms with Crippen LogP contribution in [-0.4, -0.2) is 35.8 Å². The third kappa shape index (κ3) is 3.25. The van der Waals surface area contributed by atoms with Crippen LogP contribution in [0.2, 0.25) is 0 Å². The van der Waals surface area contributed by atoms with Gasteiger partial charge in [0.2, 0.25) is 11.8 Å². The van der Waals surface area contributed by atoms with Gasteiger partial charge in [-0.15, -0.1) is 11.3 Å². The molecule has 0 aliphatic carbocycles. The lowest BCUT2D eigenvalue weighted by Crippen LogP contribution is -2.57. The van der Waals surface area contributed by atoms with Gasteiger partial charge in [0, 0.05) is 17.0 Å². The van der Waals surface area contributed by atoms with Gasteiger partial charge in [0.1, 0.15) is 0 Å². The van der Waals surface area contributed by atoms with Crippen LogP contribution in [0.1, 0.15) is 23.8 Å². The first kappa shape index (κ1) is 14.7. The molecular formula is C14H17N3O2S. The van der Waals surface area contributed by atoms with E-state index in [4.69, 9.17) is 5.73 Å². The molecule has 0 bridgehead atoms. The molecule has 20 heavy (non-hydrogen) atoms. The third-order valence-corrected chi connectivity index (χ3v) is 4.06. The molecule has 2 amide bonds. The van der Waals surface area contributed by atoms with E-state index in [1.165, 1.54) is 0 Å². The Labute approximate surface area is 122 Å². The molecule has 1 aromatic rings. The predicted octanol–water partition coefficient (Wildman–Crippen LogP) is 0.295. The van der Waals surface area contributed by atoms with Crippen molar-refractivity contribution in [3.8, 4) is 11.8 Å². The van der Waals surface area contributed by atoms with Crippen molar-refractivity contribution in [1.29, 1.82) is 0 Å². The zero-order valence-electron chi connectivity index (χ0n) is 11.3. The average molecular weight is 291 g/mol. The molecule has 1 saturated heterocycles. The van der Waals surface area contributed by atoms with E-state index in [0.717, 1.165) is 10.4 Å². The van der Waals surface area contributed by atoms with Crippen molar-refractivity contribution in [1.82, 2.24) is 10.2 Å². The fourth-order valence-electron chi connectivity index (χ4n) is 2.24. The molecule has 6 heteroatoms. The number of thiophene rings is 1. The molecule has 0 saturated carbocycles. The van der Waals surface area contributed by atoms with E-state index in [2.05, 4.69) is 17.2 Å². The molecule has 2 heterocycles. The fraction of sp³-hybridized carbons (Fsp3) is 0.429. The molecule has 5 nitrogen and oxygen atoms in total. The van der Waals surface area contributed by atoms with Crippen LogP contribution in [0.4, 0.5) is 0 Å². The maximum absolute atomic E-state index is 11.8. The zero-order chi connectivity index (χ0) is 14.5. The number of carbonyl (C=O) groups is 2. The van der Waals surface area contributed by atoms with Crippen LogP contribution >= 0.6 is 11.3 Å². The van der Waals surface area contributed by atoms with E-state index in [9.17, 15) is 9.59 Å². The van der Waals surface area contributed by atoms with Crippen molar-refractivity contribution in [3.63, 3.8) is 0 Å². The van der Waals surface area contributed by atoms with Crippen molar-refractivity contribution in [2.24, 2.45) is 5.73 Å². The van der Waals surface area contributed by atoms with Crippen molar-refractivity contribution >= 4 is 23.2 Å². The monoisotopic (exact) mass is 291 g/mol. The first-order chi connectivity index (χ1) is 9.65. The summed E-state index contributed by atoms with van der Waals surface area (Å²) in [6, 6.07) is 1.68. The second-order valence-corrected chi connectivity index (χ2v) is 5.51. The smallest absolute Gasteiger partial charge is 0.243 e.